The van der Waals surface area contributed by atoms with Crippen LogP contribution in [0.5, 0.6) is 5.75 Å². The summed E-state index contributed by atoms with van der Waals surface area (Å²) in [4.78, 5) is 20.6. The highest BCUT2D eigenvalue weighted by atomic mass is 32.1. The van der Waals surface area contributed by atoms with E-state index in [0.717, 1.165) is 20.3 Å². The van der Waals surface area contributed by atoms with E-state index in [1.54, 1.807) is 48.0 Å². The zero-order valence-corrected chi connectivity index (χ0v) is 16.2. The fourth-order valence-corrected chi connectivity index (χ4v) is 5.08. The molecule has 7 heteroatoms. The van der Waals surface area contributed by atoms with E-state index >= 15 is 0 Å². The fraction of sp³-hybridized carbons (Fsp3) is 0.0526. The lowest BCUT2D eigenvalue weighted by atomic mass is 10.2. The first kappa shape index (κ1) is 17.0. The van der Waals surface area contributed by atoms with Crippen molar-refractivity contribution < 1.29 is 9.53 Å². The van der Waals surface area contributed by atoms with Gasteiger partial charge in [0, 0.05) is 10.4 Å². The zero-order valence-electron chi connectivity index (χ0n) is 13.8. The van der Waals surface area contributed by atoms with Crippen LogP contribution in [0.1, 0.15) is 10.4 Å². The number of hydrogen-bond acceptors (Lipinski definition) is 6. The van der Waals surface area contributed by atoms with E-state index in [9.17, 15) is 4.79 Å². The average molecular weight is 399 g/mol. The van der Waals surface area contributed by atoms with Crippen LogP contribution in [0.2, 0.25) is 0 Å². The molecule has 0 fully saturated rings. The molecule has 130 valence electrons. The number of aromatic nitrogens is 1. The Kier molecular flexibility index (Phi) is 4.83. The van der Waals surface area contributed by atoms with Crippen LogP contribution in [0.4, 0.5) is 5.13 Å². The molecule has 0 spiro atoms. The van der Waals surface area contributed by atoms with Gasteiger partial charge >= 0.3 is 0 Å². The minimum Gasteiger partial charge on any atom is -0.497 e. The topological polar surface area (TPSA) is 51.2 Å². The van der Waals surface area contributed by atoms with Crippen LogP contribution in [0.25, 0.3) is 20.3 Å². The number of thiophene rings is 2. The van der Waals surface area contributed by atoms with Gasteiger partial charge in [0.2, 0.25) is 0 Å². The molecule has 3 aromatic heterocycles. The van der Waals surface area contributed by atoms with Crippen molar-refractivity contribution in [2.75, 3.05) is 12.4 Å². The Hall–Kier alpha value is -2.48. The number of ether oxygens (including phenoxy) is 1. The van der Waals surface area contributed by atoms with E-state index < -0.39 is 0 Å². The number of nitrogens with zero attached hydrogens (tertiary/aromatic N) is 1. The number of nitrogens with one attached hydrogen (secondary N) is 1. The summed E-state index contributed by atoms with van der Waals surface area (Å²) in [6, 6.07) is 15.2. The van der Waals surface area contributed by atoms with Gasteiger partial charge in [0.25, 0.3) is 5.91 Å². The number of hydrogen-bond donors (Lipinski definition) is 1. The van der Waals surface area contributed by atoms with E-state index in [2.05, 4.69) is 16.4 Å². The number of amides is 1. The van der Waals surface area contributed by atoms with Gasteiger partial charge in [-0.05, 0) is 41.1 Å². The molecule has 0 atom stereocenters. The number of rotatable bonds is 5. The third kappa shape index (κ3) is 3.41. The minimum atomic E-state index is -0.201. The maximum atomic E-state index is 12.6. The molecule has 1 aromatic carbocycles. The Balaban J connectivity index is 1.67. The molecule has 0 aliphatic rings. The molecule has 0 saturated carbocycles. The van der Waals surface area contributed by atoms with Crippen molar-refractivity contribution >= 4 is 45.0 Å². The summed E-state index contributed by atoms with van der Waals surface area (Å²) in [6.07, 6.45) is 0. The average Bonchev–Trinajstić information content (AvgIpc) is 3.41. The summed E-state index contributed by atoms with van der Waals surface area (Å²) in [5.41, 5.74) is 1.45. The van der Waals surface area contributed by atoms with Crippen LogP contribution in [-0.2, 0) is 0 Å². The summed E-state index contributed by atoms with van der Waals surface area (Å²) < 4.78 is 5.19. The largest absolute Gasteiger partial charge is 0.497 e. The molecule has 0 aliphatic carbocycles. The number of benzene rings is 1. The monoisotopic (exact) mass is 398 g/mol. The molecule has 4 rings (SSSR count). The van der Waals surface area contributed by atoms with Gasteiger partial charge in [-0.1, -0.05) is 29.5 Å². The van der Waals surface area contributed by atoms with Gasteiger partial charge in [-0.2, -0.15) is 0 Å². The lowest BCUT2D eigenvalue weighted by molar-refractivity contribution is 0.102. The van der Waals surface area contributed by atoms with Crippen molar-refractivity contribution in [2.24, 2.45) is 0 Å². The van der Waals surface area contributed by atoms with Gasteiger partial charge in [-0.25, -0.2) is 4.98 Å². The van der Waals surface area contributed by atoms with E-state index in [1.165, 1.54) is 11.3 Å². The van der Waals surface area contributed by atoms with Crippen LogP contribution in [0, 0.1) is 0 Å². The second-order valence-corrected chi connectivity index (χ2v) is 8.23. The summed E-state index contributed by atoms with van der Waals surface area (Å²) in [5, 5.41) is 7.58. The molecular weight excluding hydrogens is 384 g/mol. The van der Waals surface area contributed by atoms with Crippen molar-refractivity contribution in [1.82, 2.24) is 4.98 Å². The lowest BCUT2D eigenvalue weighted by Crippen LogP contribution is -2.11. The third-order valence-electron chi connectivity index (χ3n) is 3.68. The predicted molar refractivity (Wildman–Crippen MR) is 110 cm³/mol. The summed E-state index contributed by atoms with van der Waals surface area (Å²) in [7, 11) is 1.58. The van der Waals surface area contributed by atoms with Crippen LogP contribution in [0.3, 0.4) is 0 Å². The summed E-state index contributed by atoms with van der Waals surface area (Å²) in [6.45, 7) is 0. The number of carbonyl (C=O) groups is 1. The smallest absolute Gasteiger partial charge is 0.257 e. The fourth-order valence-electron chi connectivity index (χ4n) is 2.46. The Labute approximate surface area is 162 Å². The van der Waals surface area contributed by atoms with E-state index in [1.807, 2.05) is 35.0 Å². The number of carbonyl (C=O) groups excluding carboxylic acids is 1. The highest BCUT2D eigenvalue weighted by Crippen LogP contribution is 2.42. The van der Waals surface area contributed by atoms with Gasteiger partial charge in [-0.3, -0.25) is 10.1 Å². The quantitative estimate of drug-likeness (QED) is 0.458. The predicted octanol–water partition coefficient (Wildman–Crippen LogP) is 5.86. The molecule has 4 aromatic rings. The number of methoxy groups -OCH3 is 1. The normalized spacial score (nSPS) is 10.7. The zero-order chi connectivity index (χ0) is 17.9. The van der Waals surface area contributed by atoms with E-state index in [-0.39, 0.29) is 5.91 Å². The third-order valence-corrected chi connectivity index (χ3v) is 6.58. The molecule has 0 saturated heterocycles. The molecule has 1 amide bonds. The van der Waals surface area contributed by atoms with Gasteiger partial charge in [0.05, 0.1) is 16.9 Å². The van der Waals surface area contributed by atoms with Crippen molar-refractivity contribution in [2.45, 2.75) is 0 Å². The maximum absolute atomic E-state index is 12.6. The Morgan fingerprint density at radius 3 is 2.50 bits per heavy atom. The molecule has 0 bridgehead atoms. The van der Waals surface area contributed by atoms with Crippen molar-refractivity contribution in [3.63, 3.8) is 0 Å². The van der Waals surface area contributed by atoms with Crippen LogP contribution < -0.4 is 10.1 Å². The SMILES string of the molecule is COc1cccc(C(=O)Nc2nc(-c3cccs3)c(-c3cccs3)s2)c1. The van der Waals surface area contributed by atoms with Gasteiger partial charge in [-0.15, -0.1) is 22.7 Å². The molecule has 26 heavy (non-hydrogen) atoms. The first-order valence-electron chi connectivity index (χ1n) is 7.78. The second kappa shape index (κ2) is 7.41. The summed E-state index contributed by atoms with van der Waals surface area (Å²) in [5.74, 6) is 0.448. The van der Waals surface area contributed by atoms with Crippen molar-refractivity contribution in [3.8, 4) is 26.1 Å². The van der Waals surface area contributed by atoms with Gasteiger partial charge < -0.3 is 4.74 Å². The molecule has 0 aliphatic heterocycles. The maximum Gasteiger partial charge on any atom is 0.257 e. The number of thiazole rings is 1. The standard InChI is InChI=1S/C19H14N2O2S3/c1-23-13-6-2-5-12(11-13)18(22)21-19-20-16(14-7-3-9-24-14)17(26-19)15-8-4-10-25-15/h2-11H,1H3,(H,20,21,22). The number of anilines is 1. The lowest BCUT2D eigenvalue weighted by Gasteiger charge is -2.04. The first-order chi connectivity index (χ1) is 12.7. The van der Waals surface area contributed by atoms with Crippen LogP contribution in [0.15, 0.2) is 59.3 Å². The van der Waals surface area contributed by atoms with Crippen molar-refractivity contribution in [3.05, 3.63) is 64.9 Å². The molecule has 3 heterocycles. The summed E-state index contributed by atoms with van der Waals surface area (Å²) >= 11 is 4.80. The molecule has 4 nitrogen and oxygen atoms in total. The van der Waals surface area contributed by atoms with Gasteiger partial charge in [0.15, 0.2) is 5.13 Å². The minimum absolute atomic E-state index is 0.201. The highest BCUT2D eigenvalue weighted by Gasteiger charge is 2.18. The van der Waals surface area contributed by atoms with E-state index in [0.29, 0.717) is 16.4 Å². The Morgan fingerprint density at radius 2 is 1.81 bits per heavy atom. The Morgan fingerprint density at radius 1 is 1.04 bits per heavy atom. The van der Waals surface area contributed by atoms with Crippen LogP contribution in [-0.4, -0.2) is 18.0 Å². The molecule has 1 N–H and O–H groups in total. The molecular formula is C19H14N2O2S3. The second-order valence-electron chi connectivity index (χ2n) is 5.34. The highest BCUT2D eigenvalue weighted by molar-refractivity contribution is 7.24. The van der Waals surface area contributed by atoms with Gasteiger partial charge in [0.1, 0.15) is 11.4 Å². The van der Waals surface area contributed by atoms with E-state index in [4.69, 9.17) is 4.74 Å². The first-order valence-corrected chi connectivity index (χ1v) is 10.4. The molecule has 0 unspecified atom stereocenters. The van der Waals surface area contributed by atoms with Crippen LogP contribution >= 0.6 is 34.0 Å². The van der Waals surface area contributed by atoms with Crippen molar-refractivity contribution in [1.29, 1.82) is 0 Å². The Bertz CT molecular complexity index is 969. The molecule has 0 radical (unpaired) electrons.